The van der Waals surface area contributed by atoms with Crippen molar-refractivity contribution in [3.05, 3.63) is 95.0 Å². The lowest BCUT2D eigenvalue weighted by atomic mass is 10.2. The highest BCUT2D eigenvalue weighted by atomic mass is 35.5. The number of benzene rings is 4. The molecule has 0 bridgehead atoms. The van der Waals surface area contributed by atoms with Gasteiger partial charge in [0.2, 0.25) is 11.8 Å². The van der Waals surface area contributed by atoms with Gasteiger partial charge in [-0.1, -0.05) is 35.3 Å². The molecular formula is C26H14Cl2N2O3S2. The molecule has 6 rings (SSSR count). The van der Waals surface area contributed by atoms with Gasteiger partial charge in [-0.2, -0.15) is 0 Å². The Hall–Kier alpha value is -2.94. The van der Waals surface area contributed by atoms with Gasteiger partial charge in [-0.15, -0.1) is 0 Å². The molecule has 4 aromatic carbocycles. The van der Waals surface area contributed by atoms with E-state index in [9.17, 15) is 0 Å². The summed E-state index contributed by atoms with van der Waals surface area (Å²) in [5, 5.41) is 1.27. The highest BCUT2D eigenvalue weighted by Crippen LogP contribution is 2.35. The van der Waals surface area contributed by atoms with Crippen LogP contribution >= 0.6 is 47.3 Å². The van der Waals surface area contributed by atoms with E-state index >= 15 is 0 Å². The number of halogens is 2. The Kier molecular flexibility index (Phi) is 6.18. The van der Waals surface area contributed by atoms with Crippen LogP contribution < -0.4 is 0 Å². The average molecular weight is 537 g/mol. The summed E-state index contributed by atoms with van der Waals surface area (Å²) in [6, 6.07) is 26.3. The van der Waals surface area contributed by atoms with E-state index in [0.717, 1.165) is 32.0 Å². The molecular weight excluding hydrogens is 523 g/mol. The van der Waals surface area contributed by atoms with Crippen molar-refractivity contribution in [1.82, 2.24) is 9.97 Å². The number of aromatic nitrogens is 2. The number of hydrogen-bond acceptors (Lipinski definition) is 7. The lowest BCUT2D eigenvalue weighted by molar-refractivity contribution is 0.618. The summed E-state index contributed by atoms with van der Waals surface area (Å²) in [4.78, 5) is 10.9. The normalized spacial score (nSPS) is 11.5. The van der Waals surface area contributed by atoms with Gasteiger partial charge in [0.1, 0.15) is 11.0 Å². The first-order chi connectivity index (χ1) is 17.1. The summed E-state index contributed by atoms with van der Waals surface area (Å²) in [5.74, 6) is 1.05. The molecule has 9 heteroatoms. The molecule has 0 unspecified atom stereocenters. The molecule has 0 aliphatic carbocycles. The predicted molar refractivity (Wildman–Crippen MR) is 142 cm³/mol. The molecule has 35 heavy (non-hydrogen) atoms. The second kappa shape index (κ2) is 9.60. The quantitative estimate of drug-likeness (QED) is 0.196. The summed E-state index contributed by atoms with van der Waals surface area (Å²) in [6.45, 7) is 0. The molecule has 172 valence electrons. The van der Waals surface area contributed by atoms with Crippen LogP contribution in [0, 0.1) is 0 Å². The van der Waals surface area contributed by atoms with Gasteiger partial charge >= 0.3 is 0 Å². The summed E-state index contributed by atoms with van der Waals surface area (Å²) >= 11 is 14.7. The fraction of sp³-hybridized carbons (Fsp3) is 0. The van der Waals surface area contributed by atoms with Crippen LogP contribution in [-0.4, -0.2) is 9.97 Å². The van der Waals surface area contributed by atoms with Crippen molar-refractivity contribution in [1.29, 1.82) is 0 Å². The third-order valence-corrected chi connectivity index (χ3v) is 7.03. The van der Waals surface area contributed by atoms with Crippen molar-refractivity contribution in [3.8, 4) is 22.9 Å². The smallest absolute Gasteiger partial charge is 0.227 e. The van der Waals surface area contributed by atoms with E-state index < -0.39 is 0 Å². The fourth-order valence-corrected chi connectivity index (χ4v) is 5.20. The summed E-state index contributed by atoms with van der Waals surface area (Å²) in [5.41, 5.74) is 4.55. The fourth-order valence-electron chi connectivity index (χ4n) is 3.50. The van der Waals surface area contributed by atoms with Crippen molar-refractivity contribution in [3.63, 3.8) is 0 Å². The first kappa shape index (κ1) is 22.5. The molecule has 0 spiro atoms. The van der Waals surface area contributed by atoms with Crippen LogP contribution in [0.1, 0.15) is 0 Å². The molecule has 0 fully saturated rings. The Labute approximate surface area is 218 Å². The molecule has 6 aromatic rings. The molecule has 0 aliphatic heterocycles. The van der Waals surface area contributed by atoms with E-state index in [1.54, 1.807) is 0 Å². The topological polar surface area (TPSA) is 61.3 Å². The molecule has 0 atom stereocenters. The first-order valence-electron chi connectivity index (χ1n) is 10.4. The zero-order valence-corrected chi connectivity index (χ0v) is 20.9. The maximum atomic E-state index is 6.09. The van der Waals surface area contributed by atoms with Gasteiger partial charge in [0, 0.05) is 55.0 Å². The van der Waals surface area contributed by atoms with Crippen LogP contribution in [0.4, 0.5) is 0 Å². The van der Waals surface area contributed by atoms with E-state index in [4.69, 9.17) is 35.7 Å². The van der Waals surface area contributed by atoms with Crippen LogP contribution in [0.2, 0.25) is 10.0 Å². The van der Waals surface area contributed by atoms with E-state index in [0.29, 0.717) is 33.0 Å². The second-order valence-electron chi connectivity index (χ2n) is 7.55. The van der Waals surface area contributed by atoms with Gasteiger partial charge in [-0.3, -0.25) is 0 Å². The predicted octanol–water partition coefficient (Wildman–Crippen LogP) is 9.34. The second-order valence-corrected chi connectivity index (χ2v) is 10.2. The Balaban J connectivity index is 1.15. The molecule has 5 nitrogen and oxygen atoms in total. The van der Waals surface area contributed by atoms with E-state index in [2.05, 4.69) is 9.97 Å². The Morgan fingerprint density at radius 3 is 1.54 bits per heavy atom. The highest BCUT2D eigenvalue weighted by Gasteiger charge is 2.12. The minimum absolute atomic E-state index is 0.525. The Morgan fingerprint density at radius 1 is 0.600 bits per heavy atom. The maximum Gasteiger partial charge on any atom is 0.227 e. The van der Waals surface area contributed by atoms with Crippen molar-refractivity contribution >= 4 is 69.5 Å². The van der Waals surface area contributed by atoms with Gasteiger partial charge in [0.15, 0.2) is 11.2 Å². The molecule has 0 saturated carbocycles. The third kappa shape index (κ3) is 4.91. The standard InChI is InChI=1S/C26H14Cl2N2O3S2/c27-17-5-1-3-15(11-17)25-29-21-9-7-19(13-23(21)31-25)34-33-35-20-8-10-22-24(14-20)32-26(30-22)16-4-2-6-18(28)12-16/h1-14H. The van der Waals surface area contributed by atoms with Crippen LogP contribution in [0.3, 0.4) is 0 Å². The van der Waals surface area contributed by atoms with Crippen LogP contribution in [0.5, 0.6) is 0 Å². The van der Waals surface area contributed by atoms with Crippen LogP contribution in [0.25, 0.3) is 45.1 Å². The maximum absolute atomic E-state index is 6.09. The number of fused-ring (bicyclic) bond motifs is 2. The van der Waals surface area contributed by atoms with E-state index in [1.165, 1.54) is 24.1 Å². The van der Waals surface area contributed by atoms with Crippen molar-refractivity contribution < 1.29 is 12.5 Å². The number of oxazole rings is 2. The molecule has 0 saturated heterocycles. The van der Waals surface area contributed by atoms with E-state index in [-0.39, 0.29) is 0 Å². The zero-order chi connectivity index (χ0) is 23.8. The minimum Gasteiger partial charge on any atom is -0.436 e. The lowest BCUT2D eigenvalue weighted by Gasteiger charge is -2.01. The number of hydrogen-bond donors (Lipinski definition) is 0. The number of nitrogens with zero attached hydrogens (tertiary/aromatic N) is 2. The SMILES string of the molecule is Clc1cccc(-c2nc3ccc(SOSc4ccc5nc(-c6cccc(Cl)c6)oc5c4)cc3o2)c1. The third-order valence-electron chi connectivity index (χ3n) is 5.12. The largest absolute Gasteiger partial charge is 0.436 e. The van der Waals surface area contributed by atoms with Gasteiger partial charge in [0.05, 0.1) is 0 Å². The van der Waals surface area contributed by atoms with Gasteiger partial charge in [0.25, 0.3) is 0 Å². The molecule has 0 N–H and O–H groups in total. The van der Waals surface area contributed by atoms with Gasteiger partial charge in [-0.25, -0.2) is 13.6 Å². The molecule has 2 aromatic heterocycles. The monoisotopic (exact) mass is 536 g/mol. The average Bonchev–Trinajstić information content (AvgIpc) is 3.48. The first-order valence-corrected chi connectivity index (χ1v) is 12.7. The highest BCUT2D eigenvalue weighted by molar-refractivity contribution is 8.07. The number of rotatable bonds is 6. The van der Waals surface area contributed by atoms with Crippen molar-refractivity contribution in [2.24, 2.45) is 0 Å². The Bertz CT molecular complexity index is 1560. The molecule has 2 heterocycles. The summed E-state index contributed by atoms with van der Waals surface area (Å²) < 4.78 is 17.7. The van der Waals surface area contributed by atoms with Gasteiger partial charge < -0.3 is 8.83 Å². The van der Waals surface area contributed by atoms with Crippen LogP contribution in [0.15, 0.2) is 104 Å². The van der Waals surface area contributed by atoms with E-state index in [1.807, 2.05) is 84.9 Å². The summed E-state index contributed by atoms with van der Waals surface area (Å²) in [7, 11) is 0. The zero-order valence-electron chi connectivity index (χ0n) is 17.8. The van der Waals surface area contributed by atoms with Crippen LogP contribution in [-0.2, 0) is 3.63 Å². The molecule has 0 amide bonds. The van der Waals surface area contributed by atoms with Gasteiger partial charge in [-0.05, 0) is 72.8 Å². The molecule has 0 radical (unpaired) electrons. The lowest BCUT2D eigenvalue weighted by Crippen LogP contribution is -1.76. The van der Waals surface area contributed by atoms with Crippen molar-refractivity contribution in [2.75, 3.05) is 0 Å². The minimum atomic E-state index is 0.525. The Morgan fingerprint density at radius 2 is 1.09 bits per heavy atom. The van der Waals surface area contributed by atoms with Crippen molar-refractivity contribution in [2.45, 2.75) is 9.79 Å². The summed E-state index contributed by atoms with van der Waals surface area (Å²) in [6.07, 6.45) is 0. The molecule has 0 aliphatic rings.